The van der Waals surface area contributed by atoms with Crippen molar-refractivity contribution in [3.8, 4) is 11.8 Å². The molecule has 2 rings (SSSR count). The molecule has 114 valence electrons. The van der Waals surface area contributed by atoms with Gasteiger partial charge in [-0.05, 0) is 18.2 Å². The van der Waals surface area contributed by atoms with Crippen molar-refractivity contribution in [1.29, 1.82) is 0 Å². The third-order valence-corrected chi connectivity index (χ3v) is 7.13. The zero-order valence-electron chi connectivity index (χ0n) is 11.5. The zero-order valence-corrected chi connectivity index (χ0v) is 14.0. The first-order valence-corrected chi connectivity index (χ1v) is 10.3. The lowest BCUT2D eigenvalue weighted by Crippen LogP contribution is -2.33. The van der Waals surface area contributed by atoms with E-state index in [1.165, 1.54) is 0 Å². The number of benzene rings is 1. The fraction of sp³-hybridized carbons (Fsp3) is 0.429. The van der Waals surface area contributed by atoms with Crippen LogP contribution in [-0.2, 0) is 10.0 Å². The summed E-state index contributed by atoms with van der Waals surface area (Å²) in [6.45, 7) is 0.727. The molecule has 0 radical (unpaired) electrons. The first-order chi connectivity index (χ1) is 10.1. The van der Waals surface area contributed by atoms with Crippen LogP contribution in [0.2, 0.25) is 0 Å². The summed E-state index contributed by atoms with van der Waals surface area (Å²) in [5.74, 6) is 8.80. The van der Waals surface area contributed by atoms with Gasteiger partial charge in [0.05, 0.1) is 11.4 Å². The van der Waals surface area contributed by atoms with Gasteiger partial charge in [0.15, 0.2) is 0 Å². The number of thioether (sulfide) groups is 2. The molecule has 7 heteroatoms. The number of nitrogens with two attached hydrogens (primary N) is 1. The van der Waals surface area contributed by atoms with Crippen LogP contribution in [0, 0.1) is 11.8 Å². The maximum Gasteiger partial charge on any atom is 0.240 e. The number of rotatable bonds is 4. The average molecular weight is 343 g/mol. The van der Waals surface area contributed by atoms with E-state index < -0.39 is 10.0 Å². The lowest BCUT2D eigenvalue weighted by atomic mass is 10.2. The Bertz CT molecular complexity index is 629. The van der Waals surface area contributed by atoms with Crippen LogP contribution in [0.1, 0.15) is 5.56 Å². The van der Waals surface area contributed by atoms with E-state index in [0.29, 0.717) is 17.4 Å². The lowest BCUT2D eigenvalue weighted by molar-refractivity contribution is 0.581. The summed E-state index contributed by atoms with van der Waals surface area (Å²) in [5.41, 5.74) is 5.98. The predicted molar refractivity (Wildman–Crippen MR) is 91.1 cm³/mol. The van der Waals surface area contributed by atoms with Gasteiger partial charge in [-0.3, -0.25) is 0 Å². The third-order valence-electron chi connectivity index (χ3n) is 2.87. The van der Waals surface area contributed by atoms with E-state index in [0.717, 1.165) is 17.3 Å². The maximum absolute atomic E-state index is 12.3. The number of sulfonamides is 1. The summed E-state index contributed by atoms with van der Waals surface area (Å²) >= 11 is 3.70. The highest BCUT2D eigenvalue weighted by Crippen LogP contribution is 2.23. The smallest absolute Gasteiger partial charge is 0.240 e. The van der Waals surface area contributed by atoms with E-state index in [-0.39, 0.29) is 11.4 Å². The number of nitrogens with one attached hydrogen (secondary N) is 1. The second-order valence-corrected chi connectivity index (χ2v) is 8.78. The van der Waals surface area contributed by atoms with Crippen LogP contribution >= 0.6 is 23.5 Å². The first kappa shape index (κ1) is 16.7. The predicted octanol–water partition coefficient (Wildman–Crippen LogP) is 1.12. The fourth-order valence-corrected chi connectivity index (χ4v) is 5.68. The molecule has 1 unspecified atom stereocenters. The van der Waals surface area contributed by atoms with Gasteiger partial charge in [0.1, 0.15) is 0 Å². The van der Waals surface area contributed by atoms with Gasteiger partial charge in [0, 0.05) is 34.6 Å². The van der Waals surface area contributed by atoms with Crippen molar-refractivity contribution >= 4 is 33.5 Å². The van der Waals surface area contributed by atoms with Gasteiger partial charge in [0.25, 0.3) is 0 Å². The van der Waals surface area contributed by atoms with Crippen molar-refractivity contribution in [3.05, 3.63) is 29.8 Å². The molecular weight excluding hydrogens is 324 g/mol. The molecule has 21 heavy (non-hydrogen) atoms. The molecule has 0 aliphatic carbocycles. The molecule has 0 saturated carbocycles. The normalized spacial score (nSPS) is 18.8. The van der Waals surface area contributed by atoms with Gasteiger partial charge in [-0.1, -0.05) is 17.9 Å². The van der Waals surface area contributed by atoms with Crippen molar-refractivity contribution in [1.82, 2.24) is 4.72 Å². The molecule has 3 N–H and O–H groups in total. The molecule has 1 aliphatic rings. The summed E-state index contributed by atoms with van der Waals surface area (Å²) < 4.78 is 27.3. The Kier molecular flexibility index (Phi) is 6.45. The molecule has 0 aromatic heterocycles. The van der Waals surface area contributed by atoms with Gasteiger partial charge in [-0.2, -0.15) is 23.5 Å². The van der Waals surface area contributed by atoms with Crippen molar-refractivity contribution in [2.45, 2.75) is 10.1 Å². The lowest BCUT2D eigenvalue weighted by Gasteiger charge is -2.21. The van der Waals surface area contributed by atoms with Crippen LogP contribution in [0.4, 0.5) is 0 Å². The van der Waals surface area contributed by atoms with Crippen LogP contribution in [0.25, 0.3) is 0 Å². The van der Waals surface area contributed by atoms with E-state index >= 15 is 0 Å². The standard InChI is InChI=1S/C14H18N2O2S3/c15-6-2-4-12-3-1-5-14(9-12)21(17,18)16-10-13-11-19-7-8-20-13/h1,3,5,9,13,16H,6-8,10-11,15H2. The Morgan fingerprint density at radius 3 is 2.95 bits per heavy atom. The number of hydrogen-bond donors (Lipinski definition) is 2. The molecule has 1 aromatic carbocycles. The van der Waals surface area contributed by atoms with Crippen LogP contribution in [0.5, 0.6) is 0 Å². The highest BCUT2D eigenvalue weighted by atomic mass is 32.2. The minimum atomic E-state index is -3.48. The average Bonchev–Trinajstić information content (AvgIpc) is 2.52. The minimum Gasteiger partial charge on any atom is -0.320 e. The van der Waals surface area contributed by atoms with E-state index in [2.05, 4.69) is 16.6 Å². The van der Waals surface area contributed by atoms with E-state index in [4.69, 9.17) is 5.73 Å². The summed E-state index contributed by atoms with van der Waals surface area (Å²) in [6.07, 6.45) is 0. The van der Waals surface area contributed by atoms with Gasteiger partial charge in [0.2, 0.25) is 10.0 Å². The molecule has 1 heterocycles. The first-order valence-electron chi connectivity index (χ1n) is 6.60. The van der Waals surface area contributed by atoms with E-state index in [9.17, 15) is 8.42 Å². The molecule has 4 nitrogen and oxygen atoms in total. The molecule has 1 fully saturated rings. The molecule has 1 aromatic rings. The highest BCUT2D eigenvalue weighted by molar-refractivity contribution is 8.06. The van der Waals surface area contributed by atoms with Gasteiger partial charge in [-0.15, -0.1) is 0 Å². The van der Waals surface area contributed by atoms with Crippen molar-refractivity contribution < 1.29 is 8.42 Å². The van der Waals surface area contributed by atoms with Crippen molar-refractivity contribution in [2.24, 2.45) is 5.73 Å². The Labute approximate surface area is 134 Å². The molecule has 1 saturated heterocycles. The Balaban J connectivity index is 2.04. The molecule has 1 atom stereocenters. The molecule has 0 spiro atoms. The fourth-order valence-electron chi connectivity index (χ4n) is 1.83. The summed E-state index contributed by atoms with van der Waals surface area (Å²) in [7, 11) is -3.48. The van der Waals surface area contributed by atoms with Crippen molar-refractivity contribution in [2.75, 3.05) is 30.3 Å². The minimum absolute atomic E-state index is 0.250. The van der Waals surface area contributed by atoms with Gasteiger partial charge < -0.3 is 5.73 Å². The van der Waals surface area contributed by atoms with Crippen LogP contribution in [0.15, 0.2) is 29.2 Å². The quantitative estimate of drug-likeness (QED) is 0.803. The Hall–Kier alpha value is -0.650. The molecular formula is C14H18N2O2S3. The summed E-state index contributed by atoms with van der Waals surface area (Å²) in [4.78, 5) is 0.250. The van der Waals surface area contributed by atoms with E-state index in [1.807, 2.05) is 23.5 Å². The van der Waals surface area contributed by atoms with Crippen LogP contribution < -0.4 is 10.5 Å². The summed E-state index contributed by atoms with van der Waals surface area (Å²) in [5, 5.41) is 0.346. The summed E-state index contributed by atoms with van der Waals surface area (Å²) in [6, 6.07) is 6.63. The molecule has 1 aliphatic heterocycles. The SMILES string of the molecule is NCC#Cc1cccc(S(=O)(=O)NCC2CSCCS2)c1. The van der Waals surface area contributed by atoms with Crippen molar-refractivity contribution in [3.63, 3.8) is 0 Å². The highest BCUT2D eigenvalue weighted by Gasteiger charge is 2.19. The number of hydrogen-bond acceptors (Lipinski definition) is 5. The molecule has 0 amide bonds. The van der Waals surface area contributed by atoms with Gasteiger partial charge >= 0.3 is 0 Å². The largest absolute Gasteiger partial charge is 0.320 e. The monoisotopic (exact) mass is 342 g/mol. The Morgan fingerprint density at radius 1 is 1.38 bits per heavy atom. The third kappa shape index (κ3) is 5.24. The Morgan fingerprint density at radius 2 is 2.24 bits per heavy atom. The van der Waals surface area contributed by atoms with Crippen LogP contribution in [0.3, 0.4) is 0 Å². The second kappa shape index (κ2) is 8.11. The van der Waals surface area contributed by atoms with Gasteiger partial charge in [-0.25, -0.2) is 13.1 Å². The maximum atomic E-state index is 12.3. The second-order valence-electron chi connectivity index (χ2n) is 4.45. The zero-order chi connectivity index (χ0) is 15.1. The molecule has 0 bridgehead atoms. The van der Waals surface area contributed by atoms with Crippen LogP contribution in [-0.4, -0.2) is 44.0 Å². The topological polar surface area (TPSA) is 72.2 Å². The van der Waals surface area contributed by atoms with E-state index in [1.54, 1.807) is 24.3 Å².